The van der Waals surface area contributed by atoms with Crippen LogP contribution in [0.5, 0.6) is 11.5 Å². The number of methoxy groups -OCH3 is 1. The Morgan fingerprint density at radius 1 is 0.963 bits per heavy atom. The fourth-order valence-corrected chi connectivity index (χ4v) is 2.91. The lowest BCUT2D eigenvalue weighted by Gasteiger charge is -2.08. The molecule has 0 aliphatic rings. The minimum atomic E-state index is -0.429. The van der Waals surface area contributed by atoms with E-state index in [9.17, 15) is 9.59 Å². The Kier molecular flexibility index (Phi) is 5.67. The molecule has 3 aromatic carbocycles. The lowest BCUT2D eigenvalue weighted by molar-refractivity contribution is -0.132. The summed E-state index contributed by atoms with van der Waals surface area (Å²) in [6, 6.07) is 19.2. The van der Waals surface area contributed by atoms with Gasteiger partial charge < -0.3 is 9.47 Å². The molecule has 4 nitrogen and oxygen atoms in total. The number of ketones is 1. The maximum atomic E-state index is 12.4. The topological polar surface area (TPSA) is 52.6 Å². The first-order valence-electron chi connectivity index (χ1n) is 8.61. The van der Waals surface area contributed by atoms with E-state index >= 15 is 0 Å². The molecule has 4 heteroatoms. The summed E-state index contributed by atoms with van der Waals surface area (Å²) in [5, 5.41) is 2.20. The van der Waals surface area contributed by atoms with Crippen molar-refractivity contribution in [1.82, 2.24) is 0 Å². The number of carbonyl (C=O) groups is 2. The average molecular weight is 360 g/mol. The zero-order chi connectivity index (χ0) is 19.2. The van der Waals surface area contributed by atoms with Crippen LogP contribution in [0.15, 0.2) is 66.7 Å². The third-order valence-corrected chi connectivity index (χ3v) is 4.15. The highest BCUT2D eigenvalue weighted by atomic mass is 16.6. The molecule has 0 atom stereocenters. The second-order valence-electron chi connectivity index (χ2n) is 6.12. The minimum Gasteiger partial charge on any atom is -0.493 e. The number of esters is 1. The van der Waals surface area contributed by atoms with E-state index < -0.39 is 5.97 Å². The van der Waals surface area contributed by atoms with Crippen LogP contribution in [-0.4, -0.2) is 18.9 Å². The number of hydrogen-bond acceptors (Lipinski definition) is 4. The molecule has 0 amide bonds. The number of fused-ring (bicyclic) bond motifs is 1. The number of ether oxygens (including phenoxy) is 2. The van der Waals surface area contributed by atoms with E-state index in [1.54, 1.807) is 30.4 Å². The molecule has 0 heterocycles. The molecule has 0 N–H and O–H groups in total. The van der Waals surface area contributed by atoms with Gasteiger partial charge in [-0.15, -0.1) is 0 Å². The molecule has 0 radical (unpaired) electrons. The minimum absolute atomic E-state index is 0.00351. The number of allylic oxidation sites excluding steroid dienone is 1. The summed E-state index contributed by atoms with van der Waals surface area (Å²) in [7, 11) is 1.51. The van der Waals surface area contributed by atoms with Gasteiger partial charge in [-0.2, -0.15) is 0 Å². The highest BCUT2D eigenvalue weighted by molar-refractivity contribution is 5.98. The summed E-state index contributed by atoms with van der Waals surface area (Å²) >= 11 is 0. The van der Waals surface area contributed by atoms with Gasteiger partial charge in [-0.25, -0.2) is 0 Å². The van der Waals surface area contributed by atoms with Crippen LogP contribution in [0.2, 0.25) is 0 Å². The molecule has 0 aromatic heterocycles. The number of rotatable bonds is 6. The van der Waals surface area contributed by atoms with Gasteiger partial charge in [0.05, 0.1) is 7.11 Å². The maximum absolute atomic E-state index is 12.4. The zero-order valence-electron chi connectivity index (χ0n) is 15.3. The van der Waals surface area contributed by atoms with Crippen LogP contribution in [0.4, 0.5) is 0 Å². The van der Waals surface area contributed by atoms with Crippen molar-refractivity contribution in [2.75, 3.05) is 7.11 Å². The second-order valence-corrected chi connectivity index (χ2v) is 6.12. The smallest absolute Gasteiger partial charge is 0.308 e. The number of hydrogen-bond donors (Lipinski definition) is 0. The van der Waals surface area contributed by atoms with E-state index in [0.717, 1.165) is 21.9 Å². The number of benzene rings is 3. The van der Waals surface area contributed by atoms with Gasteiger partial charge >= 0.3 is 5.97 Å². The van der Waals surface area contributed by atoms with Gasteiger partial charge in [0.1, 0.15) is 0 Å². The van der Waals surface area contributed by atoms with Crippen LogP contribution in [-0.2, 0) is 16.0 Å². The van der Waals surface area contributed by atoms with E-state index in [1.807, 2.05) is 42.5 Å². The fraction of sp³-hybridized carbons (Fsp3) is 0.130. The van der Waals surface area contributed by atoms with Crippen molar-refractivity contribution in [1.29, 1.82) is 0 Å². The summed E-state index contributed by atoms with van der Waals surface area (Å²) in [5.41, 5.74) is 1.75. The highest BCUT2D eigenvalue weighted by Gasteiger charge is 2.08. The summed E-state index contributed by atoms with van der Waals surface area (Å²) < 4.78 is 10.3. The first-order valence-corrected chi connectivity index (χ1v) is 8.61. The molecule has 3 rings (SSSR count). The molecular formula is C23H20O4. The van der Waals surface area contributed by atoms with Crippen molar-refractivity contribution in [2.24, 2.45) is 0 Å². The first-order chi connectivity index (χ1) is 13.1. The molecule has 0 saturated carbocycles. The summed E-state index contributed by atoms with van der Waals surface area (Å²) in [4.78, 5) is 23.6. The van der Waals surface area contributed by atoms with Crippen LogP contribution >= 0.6 is 0 Å². The van der Waals surface area contributed by atoms with Crippen molar-refractivity contribution in [3.63, 3.8) is 0 Å². The van der Waals surface area contributed by atoms with Gasteiger partial charge in [-0.3, -0.25) is 9.59 Å². The van der Waals surface area contributed by atoms with Crippen LogP contribution in [0.3, 0.4) is 0 Å². The molecule has 0 aliphatic carbocycles. The van der Waals surface area contributed by atoms with Gasteiger partial charge in [-0.05, 0) is 40.1 Å². The molecule has 3 aromatic rings. The van der Waals surface area contributed by atoms with E-state index in [0.29, 0.717) is 17.9 Å². The quantitative estimate of drug-likeness (QED) is 0.366. The maximum Gasteiger partial charge on any atom is 0.308 e. The van der Waals surface area contributed by atoms with Gasteiger partial charge in [0.25, 0.3) is 0 Å². The van der Waals surface area contributed by atoms with Crippen molar-refractivity contribution < 1.29 is 19.1 Å². The fourth-order valence-electron chi connectivity index (χ4n) is 2.91. The standard InChI is InChI=1S/C23H20O4/c1-16(24)27-23-14-17(11-13-22(23)26-2)10-12-20(25)15-19-8-5-7-18-6-3-4-9-21(18)19/h3-14H,15H2,1-2H3/b12-10+. The van der Waals surface area contributed by atoms with Gasteiger partial charge in [0.15, 0.2) is 17.3 Å². The Morgan fingerprint density at radius 3 is 2.52 bits per heavy atom. The lowest BCUT2D eigenvalue weighted by Crippen LogP contribution is -2.03. The van der Waals surface area contributed by atoms with Crippen LogP contribution < -0.4 is 9.47 Å². The predicted octanol–water partition coefficient (Wildman–Crippen LogP) is 4.60. The molecule has 0 aliphatic heterocycles. The average Bonchev–Trinajstić information content (AvgIpc) is 2.66. The molecule has 0 unspecified atom stereocenters. The third kappa shape index (κ3) is 4.61. The lowest BCUT2D eigenvalue weighted by atomic mass is 10.00. The van der Waals surface area contributed by atoms with Gasteiger partial charge in [0.2, 0.25) is 0 Å². The van der Waals surface area contributed by atoms with Crippen molar-refractivity contribution >= 4 is 28.6 Å². The van der Waals surface area contributed by atoms with E-state index in [-0.39, 0.29) is 5.78 Å². The number of carbonyl (C=O) groups excluding carboxylic acids is 2. The first kappa shape index (κ1) is 18.4. The Morgan fingerprint density at radius 2 is 1.74 bits per heavy atom. The third-order valence-electron chi connectivity index (χ3n) is 4.15. The molecular weight excluding hydrogens is 340 g/mol. The summed E-state index contributed by atoms with van der Waals surface area (Å²) in [6.07, 6.45) is 3.58. The van der Waals surface area contributed by atoms with Crippen LogP contribution in [0, 0.1) is 0 Å². The van der Waals surface area contributed by atoms with Gasteiger partial charge in [0, 0.05) is 13.3 Å². The van der Waals surface area contributed by atoms with Crippen molar-refractivity contribution in [3.8, 4) is 11.5 Å². The van der Waals surface area contributed by atoms with Crippen molar-refractivity contribution in [2.45, 2.75) is 13.3 Å². The molecule has 0 fully saturated rings. The van der Waals surface area contributed by atoms with E-state index in [1.165, 1.54) is 14.0 Å². The second kappa shape index (κ2) is 8.32. The Hall–Kier alpha value is -3.40. The predicted molar refractivity (Wildman–Crippen MR) is 106 cm³/mol. The highest BCUT2D eigenvalue weighted by Crippen LogP contribution is 2.28. The SMILES string of the molecule is COc1ccc(/C=C/C(=O)Cc2cccc3ccccc23)cc1OC(C)=O. The van der Waals surface area contributed by atoms with Crippen LogP contribution in [0.25, 0.3) is 16.8 Å². The molecule has 0 bridgehead atoms. The largest absolute Gasteiger partial charge is 0.493 e. The normalized spacial score (nSPS) is 10.9. The molecule has 27 heavy (non-hydrogen) atoms. The van der Waals surface area contributed by atoms with E-state index in [2.05, 4.69) is 0 Å². The zero-order valence-corrected chi connectivity index (χ0v) is 15.3. The van der Waals surface area contributed by atoms with Crippen LogP contribution in [0.1, 0.15) is 18.1 Å². The summed E-state index contributed by atoms with van der Waals surface area (Å²) in [6.45, 7) is 1.33. The molecule has 136 valence electrons. The molecule has 0 spiro atoms. The Bertz CT molecular complexity index is 1010. The molecule has 0 saturated heterocycles. The Balaban J connectivity index is 1.77. The van der Waals surface area contributed by atoms with Gasteiger partial charge in [-0.1, -0.05) is 54.6 Å². The Labute approximate surface area is 158 Å². The van der Waals surface area contributed by atoms with Crippen molar-refractivity contribution in [3.05, 3.63) is 77.9 Å². The summed E-state index contributed by atoms with van der Waals surface area (Å²) in [5.74, 6) is 0.357. The van der Waals surface area contributed by atoms with E-state index in [4.69, 9.17) is 9.47 Å². The monoisotopic (exact) mass is 360 g/mol.